The van der Waals surface area contributed by atoms with Gasteiger partial charge in [0.25, 0.3) is 0 Å². The van der Waals surface area contributed by atoms with Crippen LogP contribution in [0.15, 0.2) is 48.3 Å². The van der Waals surface area contributed by atoms with Gasteiger partial charge in [0, 0.05) is 17.0 Å². The number of hydrogen-bond acceptors (Lipinski definition) is 3. The molecule has 0 atom stereocenters. The molecule has 0 radical (unpaired) electrons. The van der Waals surface area contributed by atoms with Crippen molar-refractivity contribution >= 4 is 16.8 Å². The molecule has 0 saturated carbocycles. The number of allylic oxidation sites excluding steroid dienone is 2. The molecule has 4 heteroatoms. The normalized spacial score (nSPS) is 12.0. The van der Waals surface area contributed by atoms with Crippen molar-refractivity contribution in [3.8, 4) is 5.88 Å². The number of ether oxygens (including phenoxy) is 1. The number of para-hydroxylation sites is 1. The molecular weight excluding hydrogens is 336 g/mol. The monoisotopic (exact) mass is 366 g/mol. The highest BCUT2D eigenvalue weighted by molar-refractivity contribution is 5.87. The van der Waals surface area contributed by atoms with E-state index in [1.54, 1.807) is 0 Å². The van der Waals surface area contributed by atoms with Crippen LogP contribution in [0.4, 0.5) is 0 Å². The Balaban J connectivity index is 2.13. The SMILES string of the molecule is CCCCCCC/C=C/C(=C\C(N)=O)Oc1nc2ccccc2c(C)c1C. The zero-order valence-electron chi connectivity index (χ0n) is 16.6. The fraction of sp³-hybridized carbons (Fsp3) is 0.391. The van der Waals surface area contributed by atoms with Crippen LogP contribution in [0.25, 0.3) is 10.9 Å². The Morgan fingerprint density at radius 2 is 1.85 bits per heavy atom. The number of aryl methyl sites for hydroxylation is 1. The molecule has 2 N–H and O–H groups in total. The highest BCUT2D eigenvalue weighted by Crippen LogP contribution is 2.27. The number of aromatic nitrogens is 1. The fourth-order valence-corrected chi connectivity index (χ4v) is 2.97. The van der Waals surface area contributed by atoms with Crippen molar-refractivity contribution in [1.29, 1.82) is 0 Å². The molecule has 144 valence electrons. The van der Waals surface area contributed by atoms with Crippen molar-refractivity contribution in [3.63, 3.8) is 0 Å². The maximum Gasteiger partial charge on any atom is 0.245 e. The number of primary amides is 1. The lowest BCUT2D eigenvalue weighted by molar-refractivity contribution is -0.113. The predicted molar refractivity (Wildman–Crippen MR) is 112 cm³/mol. The van der Waals surface area contributed by atoms with E-state index in [-0.39, 0.29) is 0 Å². The first-order chi connectivity index (χ1) is 13.0. The van der Waals surface area contributed by atoms with E-state index in [1.165, 1.54) is 31.8 Å². The number of fused-ring (bicyclic) bond motifs is 1. The van der Waals surface area contributed by atoms with E-state index < -0.39 is 5.91 Å². The van der Waals surface area contributed by atoms with Crippen LogP contribution in [0.5, 0.6) is 5.88 Å². The van der Waals surface area contributed by atoms with Crippen LogP contribution in [0, 0.1) is 13.8 Å². The minimum Gasteiger partial charge on any atom is -0.439 e. The Morgan fingerprint density at radius 3 is 2.59 bits per heavy atom. The van der Waals surface area contributed by atoms with Gasteiger partial charge in [-0.05, 0) is 44.4 Å². The molecule has 0 spiro atoms. The lowest BCUT2D eigenvalue weighted by atomic mass is 10.1. The molecule has 1 amide bonds. The third-order valence-corrected chi connectivity index (χ3v) is 4.67. The molecule has 0 saturated heterocycles. The predicted octanol–water partition coefficient (Wildman–Crippen LogP) is 5.52. The second-order valence-electron chi connectivity index (χ2n) is 6.84. The van der Waals surface area contributed by atoms with E-state index in [2.05, 4.69) is 18.8 Å². The Morgan fingerprint density at radius 1 is 1.11 bits per heavy atom. The van der Waals surface area contributed by atoms with E-state index >= 15 is 0 Å². The van der Waals surface area contributed by atoms with Gasteiger partial charge in [0.05, 0.1) is 5.52 Å². The number of benzene rings is 1. The molecule has 1 heterocycles. The van der Waals surface area contributed by atoms with E-state index in [0.717, 1.165) is 34.9 Å². The van der Waals surface area contributed by atoms with Gasteiger partial charge in [0.2, 0.25) is 11.8 Å². The molecular formula is C23H30N2O2. The number of nitrogens with zero attached hydrogens (tertiary/aromatic N) is 1. The molecule has 2 aromatic rings. The molecule has 0 aliphatic heterocycles. The van der Waals surface area contributed by atoms with Crippen molar-refractivity contribution in [2.75, 3.05) is 0 Å². The molecule has 0 unspecified atom stereocenters. The lowest BCUT2D eigenvalue weighted by Gasteiger charge is -2.12. The van der Waals surface area contributed by atoms with Gasteiger partial charge in [0.15, 0.2) is 0 Å². The van der Waals surface area contributed by atoms with Crippen molar-refractivity contribution in [2.24, 2.45) is 5.73 Å². The Labute approximate surface area is 162 Å². The Bertz CT molecular complexity index is 838. The van der Waals surface area contributed by atoms with Crippen LogP contribution >= 0.6 is 0 Å². The maximum atomic E-state index is 11.4. The Hall–Kier alpha value is -2.62. The van der Waals surface area contributed by atoms with Crippen LogP contribution in [-0.4, -0.2) is 10.9 Å². The fourth-order valence-electron chi connectivity index (χ4n) is 2.97. The third kappa shape index (κ3) is 6.24. The van der Waals surface area contributed by atoms with Crippen LogP contribution in [-0.2, 0) is 4.79 Å². The number of unbranched alkanes of at least 4 members (excludes halogenated alkanes) is 5. The summed E-state index contributed by atoms with van der Waals surface area (Å²) in [6.07, 6.45) is 12.2. The molecule has 2 rings (SSSR count). The Kier molecular flexibility index (Phi) is 8.05. The van der Waals surface area contributed by atoms with Crippen LogP contribution < -0.4 is 10.5 Å². The number of carbonyl (C=O) groups excluding carboxylic acids is 1. The minimum absolute atomic E-state index is 0.418. The van der Waals surface area contributed by atoms with Crippen molar-refractivity contribution < 1.29 is 9.53 Å². The van der Waals surface area contributed by atoms with E-state index in [1.807, 2.05) is 43.3 Å². The standard InChI is InChI=1S/C23H30N2O2/c1-4-5-6-7-8-9-10-13-19(16-22(24)26)27-23-18(3)17(2)20-14-11-12-15-21(20)25-23/h10-16H,4-9H2,1-3H3,(H2,24,26)/b13-10+,19-16+. The molecule has 1 aromatic carbocycles. The summed E-state index contributed by atoms with van der Waals surface area (Å²) < 4.78 is 5.95. The van der Waals surface area contributed by atoms with Gasteiger partial charge >= 0.3 is 0 Å². The summed E-state index contributed by atoms with van der Waals surface area (Å²) >= 11 is 0. The van der Waals surface area contributed by atoms with Gasteiger partial charge in [-0.2, -0.15) is 0 Å². The average Bonchev–Trinajstić information content (AvgIpc) is 2.64. The molecule has 0 bridgehead atoms. The average molecular weight is 367 g/mol. The van der Waals surface area contributed by atoms with Crippen molar-refractivity contribution in [2.45, 2.75) is 59.3 Å². The first-order valence-corrected chi connectivity index (χ1v) is 9.74. The summed E-state index contributed by atoms with van der Waals surface area (Å²) in [6.45, 7) is 6.24. The smallest absolute Gasteiger partial charge is 0.245 e. The van der Waals surface area contributed by atoms with Crippen molar-refractivity contribution in [3.05, 3.63) is 59.4 Å². The van der Waals surface area contributed by atoms with Gasteiger partial charge in [-0.15, -0.1) is 0 Å². The van der Waals surface area contributed by atoms with Crippen molar-refractivity contribution in [1.82, 2.24) is 4.98 Å². The van der Waals surface area contributed by atoms with Gasteiger partial charge in [-0.3, -0.25) is 4.79 Å². The zero-order valence-corrected chi connectivity index (χ0v) is 16.6. The van der Waals surface area contributed by atoms with Crippen LogP contribution in [0.1, 0.15) is 56.6 Å². The summed E-state index contributed by atoms with van der Waals surface area (Å²) in [6, 6.07) is 7.95. The minimum atomic E-state index is -0.534. The molecule has 1 aromatic heterocycles. The lowest BCUT2D eigenvalue weighted by Crippen LogP contribution is -2.09. The number of rotatable bonds is 10. The molecule has 0 aliphatic carbocycles. The largest absolute Gasteiger partial charge is 0.439 e. The molecule has 0 fully saturated rings. The second-order valence-corrected chi connectivity index (χ2v) is 6.84. The maximum absolute atomic E-state index is 11.4. The molecule has 4 nitrogen and oxygen atoms in total. The van der Waals surface area contributed by atoms with E-state index in [4.69, 9.17) is 10.5 Å². The van der Waals surface area contributed by atoms with Crippen LogP contribution in [0.2, 0.25) is 0 Å². The summed E-state index contributed by atoms with van der Waals surface area (Å²) in [5.74, 6) is 0.389. The quantitative estimate of drug-likeness (QED) is 0.261. The van der Waals surface area contributed by atoms with Gasteiger partial charge in [-0.25, -0.2) is 4.98 Å². The van der Waals surface area contributed by atoms with E-state index in [0.29, 0.717) is 11.6 Å². The van der Waals surface area contributed by atoms with Crippen LogP contribution in [0.3, 0.4) is 0 Å². The highest BCUT2D eigenvalue weighted by atomic mass is 16.5. The third-order valence-electron chi connectivity index (χ3n) is 4.67. The number of amides is 1. The molecule has 0 aliphatic rings. The summed E-state index contributed by atoms with van der Waals surface area (Å²) in [5, 5.41) is 1.10. The van der Waals surface area contributed by atoms with E-state index in [9.17, 15) is 4.79 Å². The first-order valence-electron chi connectivity index (χ1n) is 9.74. The number of nitrogens with two attached hydrogens (primary N) is 1. The van der Waals surface area contributed by atoms with Gasteiger partial charge in [-0.1, -0.05) is 56.9 Å². The highest BCUT2D eigenvalue weighted by Gasteiger charge is 2.11. The number of carbonyl (C=O) groups is 1. The zero-order chi connectivity index (χ0) is 19.6. The summed E-state index contributed by atoms with van der Waals surface area (Å²) in [4.78, 5) is 16.0. The topological polar surface area (TPSA) is 65.2 Å². The second kappa shape index (κ2) is 10.5. The molecule has 27 heavy (non-hydrogen) atoms. The number of pyridine rings is 1. The number of hydrogen-bond donors (Lipinski definition) is 1. The van der Waals surface area contributed by atoms with Gasteiger partial charge < -0.3 is 10.5 Å². The summed E-state index contributed by atoms with van der Waals surface area (Å²) in [7, 11) is 0. The summed E-state index contributed by atoms with van der Waals surface area (Å²) in [5.41, 5.74) is 8.29. The van der Waals surface area contributed by atoms with Gasteiger partial charge in [0.1, 0.15) is 5.76 Å². The first kappa shape index (κ1) is 20.7.